The number of rotatable bonds is 5. The third-order valence-electron chi connectivity index (χ3n) is 3.05. The van der Waals surface area contributed by atoms with Gasteiger partial charge in [-0.2, -0.15) is 0 Å². The van der Waals surface area contributed by atoms with Gasteiger partial charge in [-0.05, 0) is 23.6 Å². The molecule has 0 aromatic heterocycles. The van der Waals surface area contributed by atoms with Crippen molar-refractivity contribution in [1.29, 1.82) is 0 Å². The molecule has 2 aromatic carbocycles. The molecule has 0 heterocycles. The lowest BCUT2D eigenvalue weighted by Crippen LogP contribution is -2.13. The van der Waals surface area contributed by atoms with Crippen molar-refractivity contribution in [1.82, 2.24) is 5.32 Å². The van der Waals surface area contributed by atoms with Gasteiger partial charge in [0.15, 0.2) is 0 Å². The molecule has 0 bridgehead atoms. The minimum atomic E-state index is -0.384. The van der Waals surface area contributed by atoms with Gasteiger partial charge in [-0.3, -0.25) is 10.1 Å². The largest absolute Gasteiger partial charge is 0.309 e. The summed E-state index contributed by atoms with van der Waals surface area (Å²) >= 11 is 0. The second-order valence-electron chi connectivity index (χ2n) is 4.45. The number of hydrogen-bond donors (Lipinski definition) is 1. The van der Waals surface area contributed by atoms with Gasteiger partial charge in [0.05, 0.1) is 4.92 Å². The molecule has 0 saturated heterocycles. The van der Waals surface area contributed by atoms with Crippen LogP contribution in [0.2, 0.25) is 0 Å². The van der Waals surface area contributed by atoms with E-state index in [0.29, 0.717) is 6.54 Å². The molecule has 2 rings (SSSR count). The number of aryl methyl sites for hydroxylation is 1. The Balaban J connectivity index is 1.89. The normalized spacial score (nSPS) is 10.4. The zero-order chi connectivity index (χ0) is 13.7. The Morgan fingerprint density at radius 1 is 1.05 bits per heavy atom. The van der Waals surface area contributed by atoms with E-state index in [1.54, 1.807) is 12.1 Å². The highest BCUT2D eigenvalue weighted by Gasteiger charge is 2.03. The number of benzene rings is 2. The third-order valence-corrected chi connectivity index (χ3v) is 3.05. The van der Waals surface area contributed by atoms with Gasteiger partial charge in [-0.15, -0.1) is 0 Å². The zero-order valence-corrected chi connectivity index (χ0v) is 10.8. The summed E-state index contributed by atoms with van der Waals surface area (Å²) in [5.74, 6) is 0. The van der Waals surface area contributed by atoms with Gasteiger partial charge in [-0.25, -0.2) is 0 Å². The van der Waals surface area contributed by atoms with E-state index in [9.17, 15) is 10.1 Å². The molecule has 0 radical (unpaired) electrons. The molecular formula is C15H16N2O2. The Kier molecular flexibility index (Phi) is 4.26. The molecule has 0 unspecified atom stereocenters. The van der Waals surface area contributed by atoms with Crippen LogP contribution in [-0.4, -0.2) is 4.92 Å². The summed E-state index contributed by atoms with van der Waals surface area (Å²) in [5.41, 5.74) is 3.70. The number of nitrogens with zero attached hydrogens (tertiary/aromatic N) is 1. The Morgan fingerprint density at radius 2 is 1.74 bits per heavy atom. The molecule has 4 heteroatoms. The van der Waals surface area contributed by atoms with Crippen molar-refractivity contribution >= 4 is 5.69 Å². The smallest absolute Gasteiger partial charge is 0.269 e. The number of nitro benzene ring substituents is 1. The number of nitro groups is 1. The van der Waals surface area contributed by atoms with Crippen LogP contribution in [0.25, 0.3) is 0 Å². The number of non-ortho nitro benzene ring substituents is 1. The predicted octanol–water partition coefficient (Wildman–Crippen LogP) is 3.19. The van der Waals surface area contributed by atoms with Crippen LogP contribution in [0.3, 0.4) is 0 Å². The highest BCUT2D eigenvalue weighted by atomic mass is 16.6. The van der Waals surface area contributed by atoms with Gasteiger partial charge in [0.25, 0.3) is 5.69 Å². The lowest BCUT2D eigenvalue weighted by molar-refractivity contribution is -0.384. The Labute approximate surface area is 112 Å². The van der Waals surface area contributed by atoms with E-state index in [4.69, 9.17) is 0 Å². The van der Waals surface area contributed by atoms with Crippen molar-refractivity contribution < 1.29 is 4.92 Å². The summed E-state index contributed by atoms with van der Waals surface area (Å²) < 4.78 is 0. The summed E-state index contributed by atoms with van der Waals surface area (Å²) in [6.07, 6.45) is 0. The van der Waals surface area contributed by atoms with Gasteiger partial charge >= 0.3 is 0 Å². The minimum absolute atomic E-state index is 0.127. The van der Waals surface area contributed by atoms with Gasteiger partial charge in [0.2, 0.25) is 0 Å². The fourth-order valence-electron chi connectivity index (χ4n) is 1.89. The fourth-order valence-corrected chi connectivity index (χ4v) is 1.89. The Bertz CT molecular complexity index is 565. The SMILES string of the molecule is Cc1ccccc1CNCc1ccc([N+](=O)[O-])cc1. The van der Waals surface area contributed by atoms with Crippen molar-refractivity contribution in [2.45, 2.75) is 20.0 Å². The number of nitrogens with one attached hydrogen (secondary N) is 1. The molecule has 0 aliphatic heterocycles. The minimum Gasteiger partial charge on any atom is -0.309 e. The van der Waals surface area contributed by atoms with E-state index < -0.39 is 0 Å². The molecule has 98 valence electrons. The van der Waals surface area contributed by atoms with Crippen molar-refractivity contribution in [2.75, 3.05) is 0 Å². The van der Waals surface area contributed by atoms with Crippen LogP contribution in [0.4, 0.5) is 5.69 Å². The standard InChI is InChI=1S/C15H16N2O2/c1-12-4-2-3-5-14(12)11-16-10-13-6-8-15(9-7-13)17(18)19/h2-9,16H,10-11H2,1H3. The second kappa shape index (κ2) is 6.11. The van der Waals surface area contributed by atoms with Crippen LogP contribution >= 0.6 is 0 Å². The quantitative estimate of drug-likeness (QED) is 0.660. The molecule has 0 aliphatic rings. The van der Waals surface area contributed by atoms with Crippen molar-refractivity contribution in [3.05, 3.63) is 75.3 Å². The Morgan fingerprint density at radius 3 is 2.37 bits per heavy atom. The zero-order valence-electron chi connectivity index (χ0n) is 10.8. The summed E-state index contributed by atoms with van der Waals surface area (Å²) in [5, 5.41) is 13.9. The maximum atomic E-state index is 10.5. The van der Waals surface area contributed by atoms with Crippen molar-refractivity contribution in [3.8, 4) is 0 Å². The van der Waals surface area contributed by atoms with Crippen LogP contribution in [0.1, 0.15) is 16.7 Å². The van der Waals surface area contributed by atoms with Crippen molar-refractivity contribution in [3.63, 3.8) is 0 Å². The molecular weight excluding hydrogens is 240 g/mol. The topological polar surface area (TPSA) is 55.2 Å². The molecule has 19 heavy (non-hydrogen) atoms. The maximum Gasteiger partial charge on any atom is 0.269 e. The van der Waals surface area contributed by atoms with Crippen LogP contribution in [-0.2, 0) is 13.1 Å². The molecule has 0 amide bonds. The summed E-state index contributed by atoms with van der Waals surface area (Å²) in [4.78, 5) is 10.2. The van der Waals surface area contributed by atoms with E-state index in [1.807, 2.05) is 12.1 Å². The second-order valence-corrected chi connectivity index (χ2v) is 4.45. The first kappa shape index (κ1) is 13.2. The molecule has 0 aliphatic carbocycles. The van der Waals surface area contributed by atoms with Gasteiger partial charge in [0.1, 0.15) is 0 Å². The summed E-state index contributed by atoms with van der Waals surface area (Å²) in [6.45, 7) is 3.58. The number of hydrogen-bond acceptors (Lipinski definition) is 3. The third kappa shape index (κ3) is 3.63. The lowest BCUT2D eigenvalue weighted by Gasteiger charge is -2.07. The van der Waals surface area contributed by atoms with Gasteiger partial charge in [0, 0.05) is 25.2 Å². The van der Waals surface area contributed by atoms with E-state index in [0.717, 1.165) is 12.1 Å². The van der Waals surface area contributed by atoms with Crippen LogP contribution < -0.4 is 5.32 Å². The monoisotopic (exact) mass is 256 g/mol. The molecule has 0 spiro atoms. The lowest BCUT2D eigenvalue weighted by atomic mass is 10.1. The molecule has 4 nitrogen and oxygen atoms in total. The van der Waals surface area contributed by atoms with E-state index >= 15 is 0 Å². The summed E-state index contributed by atoms with van der Waals surface area (Å²) in [6, 6.07) is 14.9. The molecule has 0 saturated carbocycles. The molecule has 1 N–H and O–H groups in total. The summed E-state index contributed by atoms with van der Waals surface area (Å²) in [7, 11) is 0. The van der Waals surface area contributed by atoms with Crippen LogP contribution in [0, 0.1) is 17.0 Å². The average molecular weight is 256 g/mol. The van der Waals surface area contributed by atoms with Gasteiger partial charge < -0.3 is 5.32 Å². The van der Waals surface area contributed by atoms with E-state index in [-0.39, 0.29) is 10.6 Å². The molecule has 0 fully saturated rings. The predicted molar refractivity (Wildman–Crippen MR) is 74.8 cm³/mol. The van der Waals surface area contributed by atoms with Crippen molar-refractivity contribution in [2.24, 2.45) is 0 Å². The highest BCUT2D eigenvalue weighted by Crippen LogP contribution is 2.12. The van der Waals surface area contributed by atoms with E-state index in [1.165, 1.54) is 23.3 Å². The molecule has 0 atom stereocenters. The van der Waals surface area contributed by atoms with Gasteiger partial charge in [-0.1, -0.05) is 36.4 Å². The first-order valence-electron chi connectivity index (χ1n) is 6.15. The maximum absolute atomic E-state index is 10.5. The first-order valence-corrected chi connectivity index (χ1v) is 6.15. The highest BCUT2D eigenvalue weighted by molar-refractivity contribution is 5.33. The van der Waals surface area contributed by atoms with E-state index in [2.05, 4.69) is 24.4 Å². The van der Waals surface area contributed by atoms with Crippen LogP contribution in [0.5, 0.6) is 0 Å². The van der Waals surface area contributed by atoms with Crippen LogP contribution in [0.15, 0.2) is 48.5 Å². The Hall–Kier alpha value is -2.20. The first-order chi connectivity index (χ1) is 9.16. The average Bonchev–Trinajstić information content (AvgIpc) is 2.41. The molecule has 2 aromatic rings. The fraction of sp³-hybridized carbons (Fsp3) is 0.200.